The number of carboxylic acid groups (broad SMARTS) is 1. The van der Waals surface area contributed by atoms with Crippen molar-refractivity contribution in [3.8, 4) is 0 Å². The first-order chi connectivity index (χ1) is 9.52. The number of rotatable bonds is 4. The van der Waals surface area contributed by atoms with Gasteiger partial charge in [0.05, 0.1) is 23.2 Å². The Morgan fingerprint density at radius 2 is 2.05 bits per heavy atom. The molecule has 6 heteroatoms. The highest BCUT2D eigenvalue weighted by Crippen LogP contribution is 2.27. The van der Waals surface area contributed by atoms with Gasteiger partial charge in [-0.2, -0.15) is 5.10 Å². The highest BCUT2D eigenvalue weighted by molar-refractivity contribution is 5.95. The lowest BCUT2D eigenvalue weighted by Gasteiger charge is -2.24. The van der Waals surface area contributed by atoms with E-state index in [0.29, 0.717) is 24.9 Å². The number of amides is 1. The van der Waals surface area contributed by atoms with Gasteiger partial charge >= 0.3 is 5.97 Å². The Kier molecular flexibility index (Phi) is 4.22. The van der Waals surface area contributed by atoms with Gasteiger partial charge in [-0.1, -0.05) is 19.1 Å². The van der Waals surface area contributed by atoms with E-state index in [1.807, 2.05) is 19.1 Å². The van der Waals surface area contributed by atoms with Crippen LogP contribution in [0.1, 0.15) is 25.5 Å². The van der Waals surface area contributed by atoms with E-state index in [0.717, 1.165) is 5.69 Å². The first-order valence-corrected chi connectivity index (χ1v) is 6.74. The summed E-state index contributed by atoms with van der Waals surface area (Å²) in [5, 5.41) is 16.3. The summed E-state index contributed by atoms with van der Waals surface area (Å²) in [6.45, 7) is 1.96. The lowest BCUT2D eigenvalue weighted by molar-refractivity contribution is -0.146. The molecule has 1 aliphatic rings. The summed E-state index contributed by atoms with van der Waals surface area (Å²) in [6.07, 6.45) is 7.01. The Bertz CT molecular complexity index is 548. The molecule has 1 heterocycles. The summed E-state index contributed by atoms with van der Waals surface area (Å²) < 4.78 is 1.64. The molecule has 1 amide bonds. The van der Waals surface area contributed by atoms with Crippen LogP contribution in [0.15, 0.2) is 18.3 Å². The van der Waals surface area contributed by atoms with Crippen LogP contribution in [0.25, 0.3) is 0 Å². The van der Waals surface area contributed by atoms with Crippen LogP contribution in [0, 0.1) is 11.8 Å². The van der Waals surface area contributed by atoms with Crippen LogP contribution in [0.2, 0.25) is 0 Å². The number of carbonyl (C=O) groups is 2. The van der Waals surface area contributed by atoms with E-state index in [4.69, 9.17) is 0 Å². The quantitative estimate of drug-likeness (QED) is 0.818. The van der Waals surface area contributed by atoms with Gasteiger partial charge in [0.25, 0.3) is 0 Å². The van der Waals surface area contributed by atoms with Gasteiger partial charge in [-0.05, 0) is 19.3 Å². The van der Waals surface area contributed by atoms with Crippen molar-refractivity contribution in [3.05, 3.63) is 24.0 Å². The number of nitrogens with zero attached hydrogens (tertiary/aromatic N) is 2. The SMILES string of the molecule is CCc1nn(C)cc1NC(=O)[C@@H]1CC=CC[C@@H]1C(=O)O. The largest absolute Gasteiger partial charge is 0.481 e. The van der Waals surface area contributed by atoms with Crippen LogP contribution in [0.4, 0.5) is 5.69 Å². The van der Waals surface area contributed by atoms with E-state index in [1.165, 1.54) is 0 Å². The molecular weight excluding hydrogens is 258 g/mol. The number of aryl methyl sites for hydroxylation is 2. The van der Waals surface area contributed by atoms with E-state index in [2.05, 4.69) is 10.4 Å². The fourth-order valence-corrected chi connectivity index (χ4v) is 2.50. The van der Waals surface area contributed by atoms with Crippen molar-refractivity contribution in [3.63, 3.8) is 0 Å². The van der Waals surface area contributed by atoms with Gasteiger partial charge in [0.1, 0.15) is 0 Å². The molecule has 1 aliphatic carbocycles. The summed E-state index contributed by atoms with van der Waals surface area (Å²) in [5.74, 6) is -2.34. The van der Waals surface area contributed by atoms with E-state index in [-0.39, 0.29) is 5.91 Å². The van der Waals surface area contributed by atoms with Gasteiger partial charge in [0.15, 0.2) is 0 Å². The number of anilines is 1. The predicted octanol–water partition coefficient (Wildman–Crippen LogP) is 1.59. The molecule has 0 unspecified atom stereocenters. The van der Waals surface area contributed by atoms with Gasteiger partial charge in [-0.3, -0.25) is 14.3 Å². The van der Waals surface area contributed by atoms with Gasteiger partial charge in [-0.25, -0.2) is 0 Å². The minimum absolute atomic E-state index is 0.246. The van der Waals surface area contributed by atoms with Crippen LogP contribution in [-0.2, 0) is 23.1 Å². The number of carbonyl (C=O) groups excluding carboxylic acids is 1. The lowest BCUT2D eigenvalue weighted by Crippen LogP contribution is -2.34. The minimum Gasteiger partial charge on any atom is -0.481 e. The molecule has 0 saturated carbocycles. The maximum absolute atomic E-state index is 12.3. The van der Waals surface area contributed by atoms with Crippen molar-refractivity contribution in [1.29, 1.82) is 0 Å². The van der Waals surface area contributed by atoms with Crippen LogP contribution < -0.4 is 5.32 Å². The van der Waals surface area contributed by atoms with E-state index < -0.39 is 17.8 Å². The highest BCUT2D eigenvalue weighted by atomic mass is 16.4. The second-order valence-electron chi connectivity index (χ2n) is 5.00. The molecule has 0 bridgehead atoms. The number of aromatic nitrogens is 2. The summed E-state index contributed by atoms with van der Waals surface area (Å²) >= 11 is 0. The zero-order valence-electron chi connectivity index (χ0n) is 11.7. The van der Waals surface area contributed by atoms with E-state index in [1.54, 1.807) is 17.9 Å². The topological polar surface area (TPSA) is 84.2 Å². The molecule has 108 valence electrons. The predicted molar refractivity (Wildman–Crippen MR) is 74.2 cm³/mol. The van der Waals surface area contributed by atoms with Gasteiger partial charge < -0.3 is 10.4 Å². The summed E-state index contributed by atoms with van der Waals surface area (Å²) in [6, 6.07) is 0. The Hall–Kier alpha value is -2.11. The zero-order valence-corrected chi connectivity index (χ0v) is 11.7. The Balaban J connectivity index is 2.14. The molecule has 6 nitrogen and oxygen atoms in total. The Morgan fingerprint density at radius 3 is 2.65 bits per heavy atom. The average molecular weight is 277 g/mol. The molecule has 2 atom stereocenters. The summed E-state index contributed by atoms with van der Waals surface area (Å²) in [4.78, 5) is 23.5. The third-order valence-electron chi connectivity index (χ3n) is 3.58. The standard InChI is InChI=1S/C14H19N3O3/c1-3-11-12(8-17(2)16-11)15-13(18)9-6-4-5-7-10(9)14(19)20/h4-5,8-10H,3,6-7H2,1-2H3,(H,15,18)(H,19,20)/t9-,10+/m1/s1. The first kappa shape index (κ1) is 14.3. The van der Waals surface area contributed by atoms with E-state index in [9.17, 15) is 14.7 Å². The number of aliphatic carboxylic acids is 1. The first-order valence-electron chi connectivity index (χ1n) is 6.74. The fraction of sp³-hybridized carbons (Fsp3) is 0.500. The maximum atomic E-state index is 12.3. The van der Waals surface area contributed by atoms with Crippen LogP contribution in [0.5, 0.6) is 0 Å². The van der Waals surface area contributed by atoms with Crippen molar-refractivity contribution >= 4 is 17.6 Å². The Morgan fingerprint density at radius 1 is 1.40 bits per heavy atom. The number of nitrogens with one attached hydrogen (secondary N) is 1. The molecule has 2 rings (SSSR count). The average Bonchev–Trinajstić information content (AvgIpc) is 2.78. The number of allylic oxidation sites excluding steroid dienone is 2. The van der Waals surface area contributed by atoms with Crippen molar-refractivity contribution in [2.75, 3.05) is 5.32 Å². The number of hydrogen-bond acceptors (Lipinski definition) is 3. The van der Waals surface area contributed by atoms with Gasteiger partial charge in [0, 0.05) is 13.2 Å². The molecule has 20 heavy (non-hydrogen) atoms. The Labute approximate surface area is 117 Å². The lowest BCUT2D eigenvalue weighted by atomic mass is 9.82. The number of hydrogen-bond donors (Lipinski definition) is 2. The fourth-order valence-electron chi connectivity index (χ4n) is 2.50. The van der Waals surface area contributed by atoms with Gasteiger partial charge in [-0.15, -0.1) is 0 Å². The third kappa shape index (κ3) is 2.89. The van der Waals surface area contributed by atoms with Crippen LogP contribution >= 0.6 is 0 Å². The van der Waals surface area contributed by atoms with Crippen molar-refractivity contribution in [1.82, 2.24) is 9.78 Å². The normalized spacial score (nSPS) is 21.7. The van der Waals surface area contributed by atoms with Crippen LogP contribution in [0.3, 0.4) is 0 Å². The smallest absolute Gasteiger partial charge is 0.307 e. The molecule has 1 aromatic heterocycles. The summed E-state index contributed by atoms with van der Waals surface area (Å²) in [5.41, 5.74) is 1.47. The highest BCUT2D eigenvalue weighted by Gasteiger charge is 2.34. The molecule has 2 N–H and O–H groups in total. The molecular formula is C14H19N3O3. The zero-order chi connectivity index (χ0) is 14.7. The molecule has 0 aliphatic heterocycles. The van der Waals surface area contributed by atoms with Gasteiger partial charge in [0.2, 0.25) is 5.91 Å². The molecule has 0 saturated heterocycles. The van der Waals surface area contributed by atoms with Crippen molar-refractivity contribution < 1.29 is 14.7 Å². The molecule has 0 spiro atoms. The van der Waals surface area contributed by atoms with Crippen LogP contribution in [-0.4, -0.2) is 26.8 Å². The monoisotopic (exact) mass is 277 g/mol. The van der Waals surface area contributed by atoms with E-state index >= 15 is 0 Å². The second-order valence-corrected chi connectivity index (χ2v) is 5.00. The second kappa shape index (κ2) is 5.90. The van der Waals surface area contributed by atoms with Crippen molar-refractivity contribution in [2.24, 2.45) is 18.9 Å². The molecule has 0 fully saturated rings. The molecule has 0 aromatic carbocycles. The minimum atomic E-state index is -0.920. The third-order valence-corrected chi connectivity index (χ3v) is 3.58. The molecule has 0 radical (unpaired) electrons. The number of carboxylic acids is 1. The van der Waals surface area contributed by atoms with Crippen molar-refractivity contribution in [2.45, 2.75) is 26.2 Å². The molecule has 1 aromatic rings. The summed E-state index contributed by atoms with van der Waals surface area (Å²) in [7, 11) is 1.79. The maximum Gasteiger partial charge on any atom is 0.307 e.